The Balaban J connectivity index is 2.20. The first-order valence-corrected chi connectivity index (χ1v) is 6.47. The van der Waals surface area contributed by atoms with Gasteiger partial charge < -0.3 is 14.7 Å². The minimum Gasteiger partial charge on any atom is -0.391 e. The van der Waals surface area contributed by atoms with Crippen molar-refractivity contribution in [2.24, 2.45) is 0 Å². The van der Waals surface area contributed by atoms with Gasteiger partial charge in [0.2, 0.25) is 0 Å². The van der Waals surface area contributed by atoms with Crippen LogP contribution in [0.1, 0.15) is 30.3 Å². The summed E-state index contributed by atoms with van der Waals surface area (Å²) in [5.41, 5.74) is 1.04. The Hall–Kier alpha value is -0.650. The molecule has 1 aliphatic rings. The lowest BCUT2D eigenvalue weighted by molar-refractivity contribution is 0.122. The van der Waals surface area contributed by atoms with Crippen LogP contribution in [0.2, 0.25) is 0 Å². The van der Waals surface area contributed by atoms with Crippen LogP contribution in [0, 0.1) is 0 Å². The zero-order valence-corrected chi connectivity index (χ0v) is 10.6. The van der Waals surface area contributed by atoms with Gasteiger partial charge in [-0.2, -0.15) is 0 Å². The van der Waals surface area contributed by atoms with E-state index in [2.05, 4.69) is 23.7 Å². The van der Waals surface area contributed by atoms with E-state index < -0.39 is 0 Å². The topological polar surface area (TPSA) is 45.6 Å². The lowest BCUT2D eigenvalue weighted by Gasteiger charge is -2.26. The monoisotopic (exact) mass is 242 g/mol. The number of rotatable bonds is 3. The fourth-order valence-electron chi connectivity index (χ4n) is 1.80. The van der Waals surface area contributed by atoms with E-state index in [-0.39, 0.29) is 6.61 Å². The van der Waals surface area contributed by atoms with Crippen LogP contribution in [0.25, 0.3) is 0 Å². The second kappa shape index (κ2) is 5.12. The average Bonchev–Trinajstić information content (AvgIpc) is 2.74. The summed E-state index contributed by atoms with van der Waals surface area (Å²) < 4.78 is 5.32. The van der Waals surface area contributed by atoms with Crippen LogP contribution in [0.15, 0.2) is 0 Å². The van der Waals surface area contributed by atoms with Crippen LogP contribution in [-0.2, 0) is 11.3 Å². The zero-order valence-electron chi connectivity index (χ0n) is 9.77. The molecule has 0 aromatic carbocycles. The quantitative estimate of drug-likeness (QED) is 0.874. The second-order valence-electron chi connectivity index (χ2n) is 4.22. The molecule has 0 saturated carbocycles. The normalized spacial score (nSPS) is 17.1. The minimum absolute atomic E-state index is 0.0928. The number of aliphatic hydroxyl groups excluding tert-OH is 1. The largest absolute Gasteiger partial charge is 0.391 e. The molecule has 1 aromatic heterocycles. The Bertz CT molecular complexity index is 346. The van der Waals surface area contributed by atoms with Crippen molar-refractivity contribution in [2.75, 3.05) is 31.2 Å². The van der Waals surface area contributed by atoms with Crippen molar-refractivity contribution >= 4 is 16.5 Å². The fourth-order valence-corrected chi connectivity index (χ4v) is 2.93. The molecule has 2 rings (SSSR count). The Morgan fingerprint density at radius 1 is 1.44 bits per heavy atom. The van der Waals surface area contributed by atoms with Gasteiger partial charge in [0, 0.05) is 13.1 Å². The molecule has 1 N–H and O–H groups in total. The molecule has 0 bridgehead atoms. The van der Waals surface area contributed by atoms with Gasteiger partial charge in [0.15, 0.2) is 5.13 Å². The summed E-state index contributed by atoms with van der Waals surface area (Å²) in [5.74, 6) is 0.369. The minimum atomic E-state index is 0.0928. The van der Waals surface area contributed by atoms with Crippen molar-refractivity contribution in [2.45, 2.75) is 26.4 Å². The van der Waals surface area contributed by atoms with E-state index >= 15 is 0 Å². The highest BCUT2D eigenvalue weighted by Crippen LogP contribution is 2.31. The van der Waals surface area contributed by atoms with Gasteiger partial charge in [-0.1, -0.05) is 25.2 Å². The van der Waals surface area contributed by atoms with Crippen LogP contribution in [0.5, 0.6) is 0 Å². The fraction of sp³-hybridized carbons (Fsp3) is 0.727. The molecule has 0 amide bonds. The Kier molecular flexibility index (Phi) is 3.78. The molecule has 1 aliphatic heterocycles. The van der Waals surface area contributed by atoms with Gasteiger partial charge in [0.25, 0.3) is 0 Å². The first-order chi connectivity index (χ1) is 7.72. The average molecular weight is 242 g/mol. The summed E-state index contributed by atoms with van der Waals surface area (Å²) in [4.78, 5) is 7.87. The van der Waals surface area contributed by atoms with Gasteiger partial charge in [0.05, 0.1) is 30.4 Å². The van der Waals surface area contributed by atoms with Crippen LogP contribution in [0.3, 0.4) is 0 Å². The summed E-state index contributed by atoms with van der Waals surface area (Å²) in [6.07, 6.45) is 0. The number of anilines is 1. The number of thiazole rings is 1. The van der Waals surface area contributed by atoms with Crippen LogP contribution >= 0.6 is 11.3 Å². The predicted octanol–water partition coefficient (Wildman–Crippen LogP) is 1.60. The number of aliphatic hydroxyl groups is 1. The molecule has 4 nitrogen and oxygen atoms in total. The molecule has 0 unspecified atom stereocenters. The second-order valence-corrected chi connectivity index (χ2v) is 5.28. The van der Waals surface area contributed by atoms with Crippen molar-refractivity contribution in [1.82, 2.24) is 4.98 Å². The van der Waals surface area contributed by atoms with Crippen molar-refractivity contribution in [1.29, 1.82) is 0 Å². The van der Waals surface area contributed by atoms with Gasteiger partial charge in [-0.3, -0.25) is 0 Å². The first-order valence-electron chi connectivity index (χ1n) is 5.65. The first kappa shape index (κ1) is 11.8. The third-order valence-electron chi connectivity index (χ3n) is 2.69. The van der Waals surface area contributed by atoms with Gasteiger partial charge in [0.1, 0.15) is 0 Å². The molecule has 2 heterocycles. The number of ether oxygens (including phenoxy) is 1. The Labute approximate surface area is 99.9 Å². The number of morpholine rings is 1. The number of hydrogen-bond donors (Lipinski definition) is 1. The molecule has 0 radical (unpaired) electrons. The van der Waals surface area contributed by atoms with E-state index in [1.165, 1.54) is 0 Å². The van der Waals surface area contributed by atoms with Crippen LogP contribution in [0.4, 0.5) is 5.13 Å². The highest BCUT2D eigenvalue weighted by Gasteiger charge is 2.19. The SMILES string of the molecule is CC(C)c1nc(N2CCOCC2)sc1CO. The summed E-state index contributed by atoms with van der Waals surface area (Å²) in [6.45, 7) is 7.64. The van der Waals surface area contributed by atoms with Crippen molar-refractivity contribution in [3.63, 3.8) is 0 Å². The van der Waals surface area contributed by atoms with E-state index in [1.54, 1.807) is 11.3 Å². The molecular formula is C11H18N2O2S. The third-order valence-corrected chi connectivity index (χ3v) is 3.81. The van der Waals surface area contributed by atoms with E-state index in [0.29, 0.717) is 5.92 Å². The Morgan fingerprint density at radius 3 is 2.62 bits per heavy atom. The van der Waals surface area contributed by atoms with Crippen molar-refractivity contribution in [3.05, 3.63) is 10.6 Å². The lowest BCUT2D eigenvalue weighted by Crippen LogP contribution is -2.36. The van der Waals surface area contributed by atoms with Crippen molar-refractivity contribution < 1.29 is 9.84 Å². The summed E-state index contributed by atoms with van der Waals surface area (Å²) in [6, 6.07) is 0. The Morgan fingerprint density at radius 2 is 2.12 bits per heavy atom. The predicted molar refractivity (Wildman–Crippen MR) is 65.2 cm³/mol. The maximum Gasteiger partial charge on any atom is 0.186 e. The van der Waals surface area contributed by atoms with Gasteiger partial charge in [-0.05, 0) is 5.92 Å². The van der Waals surface area contributed by atoms with Gasteiger partial charge in [-0.25, -0.2) is 4.98 Å². The molecular weight excluding hydrogens is 224 g/mol. The lowest BCUT2D eigenvalue weighted by atomic mass is 10.1. The number of nitrogens with zero attached hydrogens (tertiary/aromatic N) is 2. The highest BCUT2D eigenvalue weighted by molar-refractivity contribution is 7.15. The molecule has 1 fully saturated rings. The molecule has 5 heteroatoms. The standard InChI is InChI=1S/C11H18N2O2S/c1-8(2)10-9(7-14)16-11(12-10)13-3-5-15-6-4-13/h8,14H,3-7H2,1-2H3. The van der Waals surface area contributed by atoms with E-state index in [1.807, 2.05) is 0 Å². The van der Waals surface area contributed by atoms with E-state index in [9.17, 15) is 5.11 Å². The molecule has 1 aromatic rings. The van der Waals surface area contributed by atoms with Gasteiger partial charge in [-0.15, -0.1) is 0 Å². The molecule has 0 atom stereocenters. The molecule has 0 spiro atoms. The smallest absolute Gasteiger partial charge is 0.186 e. The molecule has 90 valence electrons. The zero-order chi connectivity index (χ0) is 11.5. The summed E-state index contributed by atoms with van der Waals surface area (Å²) in [7, 11) is 0. The van der Waals surface area contributed by atoms with Crippen LogP contribution in [-0.4, -0.2) is 36.4 Å². The number of aromatic nitrogens is 1. The summed E-state index contributed by atoms with van der Waals surface area (Å²) >= 11 is 1.60. The van der Waals surface area contributed by atoms with Crippen LogP contribution < -0.4 is 4.90 Å². The van der Waals surface area contributed by atoms with Gasteiger partial charge >= 0.3 is 0 Å². The maximum absolute atomic E-state index is 9.31. The van der Waals surface area contributed by atoms with Crippen molar-refractivity contribution in [3.8, 4) is 0 Å². The molecule has 16 heavy (non-hydrogen) atoms. The highest BCUT2D eigenvalue weighted by atomic mass is 32.1. The third kappa shape index (κ3) is 2.36. The molecule has 0 aliphatic carbocycles. The summed E-state index contributed by atoms with van der Waals surface area (Å²) in [5, 5.41) is 10.3. The van der Waals surface area contributed by atoms with E-state index in [0.717, 1.165) is 42.0 Å². The number of hydrogen-bond acceptors (Lipinski definition) is 5. The molecule has 1 saturated heterocycles. The van der Waals surface area contributed by atoms with E-state index in [4.69, 9.17) is 4.74 Å². The maximum atomic E-state index is 9.31.